The fraction of sp³-hybridized carbons (Fsp3) is 0.647. The van der Waals surface area contributed by atoms with E-state index in [1.807, 2.05) is 19.0 Å². The molecule has 2 rings (SSSR count). The van der Waals surface area contributed by atoms with Gasteiger partial charge >= 0.3 is 0 Å². The Labute approximate surface area is 139 Å². The number of nitrogens with zero attached hydrogens (tertiary/aromatic N) is 2. The molecule has 130 valence electrons. The molecule has 0 saturated heterocycles. The van der Waals surface area contributed by atoms with Gasteiger partial charge in [0.15, 0.2) is 0 Å². The minimum absolute atomic E-state index is 0.0482. The van der Waals surface area contributed by atoms with E-state index < -0.39 is 15.8 Å². The van der Waals surface area contributed by atoms with Gasteiger partial charge in [0.25, 0.3) is 0 Å². The zero-order valence-corrected chi connectivity index (χ0v) is 14.9. The van der Waals surface area contributed by atoms with Crippen LogP contribution < -0.4 is 0 Å². The standard InChI is InChI=1S/C17H27FN2O2S/c1-19(2)11-12-20(14-15-7-4-3-5-8-15)23(21,22)17-10-6-9-16(18)13-17/h6,9-10,13,15H,3-5,7-8,11-12,14H2,1-2H3. The Balaban J connectivity index is 2.19. The SMILES string of the molecule is CN(C)CCN(CC1CCCCC1)S(=O)(=O)c1cccc(F)c1. The highest BCUT2D eigenvalue weighted by atomic mass is 32.2. The summed E-state index contributed by atoms with van der Waals surface area (Å²) in [7, 11) is 0.196. The predicted molar refractivity (Wildman–Crippen MR) is 90.3 cm³/mol. The Morgan fingerprint density at radius 2 is 1.83 bits per heavy atom. The summed E-state index contributed by atoms with van der Waals surface area (Å²) >= 11 is 0. The largest absolute Gasteiger partial charge is 0.308 e. The van der Waals surface area contributed by atoms with Crippen molar-refractivity contribution in [2.24, 2.45) is 5.92 Å². The molecule has 4 nitrogen and oxygen atoms in total. The van der Waals surface area contributed by atoms with Crippen molar-refractivity contribution in [2.75, 3.05) is 33.7 Å². The Kier molecular flexibility index (Phi) is 6.56. The van der Waals surface area contributed by atoms with E-state index in [4.69, 9.17) is 0 Å². The summed E-state index contributed by atoms with van der Waals surface area (Å²) in [6, 6.07) is 5.30. The zero-order chi connectivity index (χ0) is 16.9. The number of sulfonamides is 1. The molecule has 23 heavy (non-hydrogen) atoms. The molecule has 0 bridgehead atoms. The van der Waals surface area contributed by atoms with Crippen molar-refractivity contribution in [3.63, 3.8) is 0 Å². The summed E-state index contributed by atoms with van der Waals surface area (Å²) < 4.78 is 40.8. The molecule has 0 unspecified atom stereocenters. The Hall–Kier alpha value is -0.980. The monoisotopic (exact) mass is 342 g/mol. The van der Waals surface area contributed by atoms with Gasteiger partial charge in [-0.05, 0) is 51.1 Å². The molecule has 1 saturated carbocycles. The summed E-state index contributed by atoms with van der Waals surface area (Å²) in [5, 5.41) is 0. The van der Waals surface area contributed by atoms with E-state index in [1.54, 1.807) is 0 Å². The van der Waals surface area contributed by atoms with Crippen molar-refractivity contribution < 1.29 is 12.8 Å². The van der Waals surface area contributed by atoms with Gasteiger partial charge in [-0.25, -0.2) is 12.8 Å². The van der Waals surface area contributed by atoms with Crippen LogP contribution in [-0.4, -0.2) is 51.4 Å². The summed E-state index contributed by atoms with van der Waals surface area (Å²) in [5.74, 6) is -0.106. The summed E-state index contributed by atoms with van der Waals surface area (Å²) in [5.41, 5.74) is 0. The first-order valence-electron chi connectivity index (χ1n) is 8.30. The fourth-order valence-electron chi connectivity index (χ4n) is 3.06. The molecule has 1 fully saturated rings. The van der Waals surface area contributed by atoms with Gasteiger partial charge in [0.2, 0.25) is 10.0 Å². The van der Waals surface area contributed by atoms with E-state index >= 15 is 0 Å². The van der Waals surface area contributed by atoms with E-state index in [2.05, 4.69) is 0 Å². The van der Waals surface area contributed by atoms with Crippen molar-refractivity contribution in [3.05, 3.63) is 30.1 Å². The average Bonchev–Trinajstić information content (AvgIpc) is 2.52. The first-order valence-corrected chi connectivity index (χ1v) is 9.74. The van der Waals surface area contributed by atoms with E-state index in [9.17, 15) is 12.8 Å². The normalized spacial score (nSPS) is 17.1. The van der Waals surface area contributed by atoms with E-state index in [0.29, 0.717) is 25.6 Å². The van der Waals surface area contributed by atoms with Crippen LogP contribution in [-0.2, 0) is 10.0 Å². The maximum atomic E-state index is 13.4. The van der Waals surface area contributed by atoms with Gasteiger partial charge in [0, 0.05) is 19.6 Å². The van der Waals surface area contributed by atoms with Crippen molar-refractivity contribution in [2.45, 2.75) is 37.0 Å². The molecule has 0 aliphatic heterocycles. The minimum Gasteiger partial charge on any atom is -0.308 e. The van der Waals surface area contributed by atoms with Crippen LogP contribution in [0.2, 0.25) is 0 Å². The second kappa shape index (κ2) is 8.22. The van der Waals surface area contributed by atoms with Crippen LogP contribution in [0.3, 0.4) is 0 Å². The molecule has 0 heterocycles. The topological polar surface area (TPSA) is 40.6 Å². The highest BCUT2D eigenvalue weighted by molar-refractivity contribution is 7.89. The zero-order valence-electron chi connectivity index (χ0n) is 14.0. The number of hydrogen-bond acceptors (Lipinski definition) is 3. The molecule has 1 aromatic carbocycles. The molecule has 0 spiro atoms. The summed E-state index contributed by atoms with van der Waals surface area (Å²) in [6.45, 7) is 1.62. The summed E-state index contributed by atoms with van der Waals surface area (Å²) in [6.07, 6.45) is 5.75. The number of likely N-dealkylation sites (N-methyl/N-ethyl adjacent to an activating group) is 1. The van der Waals surface area contributed by atoms with Crippen LogP contribution in [0.25, 0.3) is 0 Å². The van der Waals surface area contributed by atoms with Gasteiger partial charge in [0.1, 0.15) is 5.82 Å². The average molecular weight is 342 g/mol. The lowest BCUT2D eigenvalue weighted by molar-refractivity contribution is 0.261. The molecule has 0 atom stereocenters. The maximum absolute atomic E-state index is 13.4. The lowest BCUT2D eigenvalue weighted by Gasteiger charge is -2.30. The maximum Gasteiger partial charge on any atom is 0.243 e. The van der Waals surface area contributed by atoms with Gasteiger partial charge in [-0.2, -0.15) is 4.31 Å². The number of rotatable bonds is 7. The van der Waals surface area contributed by atoms with E-state index in [0.717, 1.165) is 18.9 Å². The fourth-order valence-corrected chi connectivity index (χ4v) is 4.59. The highest BCUT2D eigenvalue weighted by Gasteiger charge is 2.28. The molecule has 6 heteroatoms. The molecule has 1 aromatic rings. The third kappa shape index (κ3) is 5.26. The van der Waals surface area contributed by atoms with Gasteiger partial charge in [-0.1, -0.05) is 25.3 Å². The molecule has 0 radical (unpaired) electrons. The second-order valence-electron chi connectivity index (χ2n) is 6.63. The van der Waals surface area contributed by atoms with Gasteiger partial charge in [-0.3, -0.25) is 0 Å². The smallest absolute Gasteiger partial charge is 0.243 e. The van der Waals surface area contributed by atoms with Crippen molar-refractivity contribution in [1.29, 1.82) is 0 Å². The Morgan fingerprint density at radius 3 is 2.43 bits per heavy atom. The Morgan fingerprint density at radius 1 is 1.13 bits per heavy atom. The second-order valence-corrected chi connectivity index (χ2v) is 8.57. The van der Waals surface area contributed by atoms with Crippen molar-refractivity contribution in [3.8, 4) is 0 Å². The predicted octanol–water partition coefficient (Wildman–Crippen LogP) is 2.96. The molecule has 1 aliphatic carbocycles. The number of benzene rings is 1. The van der Waals surface area contributed by atoms with Crippen LogP contribution >= 0.6 is 0 Å². The first-order chi connectivity index (χ1) is 10.9. The van der Waals surface area contributed by atoms with Crippen LogP contribution in [0, 0.1) is 11.7 Å². The third-order valence-corrected chi connectivity index (χ3v) is 6.28. The molecule has 0 N–H and O–H groups in total. The highest BCUT2D eigenvalue weighted by Crippen LogP contribution is 2.26. The van der Waals surface area contributed by atoms with Crippen LogP contribution in [0.5, 0.6) is 0 Å². The molecular formula is C17H27FN2O2S. The van der Waals surface area contributed by atoms with Crippen LogP contribution in [0.1, 0.15) is 32.1 Å². The molecule has 0 aromatic heterocycles. The quantitative estimate of drug-likeness (QED) is 0.765. The number of hydrogen-bond donors (Lipinski definition) is 0. The van der Waals surface area contributed by atoms with Gasteiger partial charge in [0.05, 0.1) is 4.90 Å². The van der Waals surface area contributed by atoms with Crippen LogP contribution in [0.15, 0.2) is 29.2 Å². The lowest BCUT2D eigenvalue weighted by atomic mass is 9.89. The van der Waals surface area contributed by atoms with Crippen LogP contribution in [0.4, 0.5) is 4.39 Å². The molecule has 0 amide bonds. The van der Waals surface area contributed by atoms with Crippen molar-refractivity contribution in [1.82, 2.24) is 9.21 Å². The molecular weight excluding hydrogens is 315 g/mol. The minimum atomic E-state index is -3.65. The Bertz CT molecular complexity index is 598. The van der Waals surface area contributed by atoms with E-state index in [1.165, 1.54) is 41.8 Å². The van der Waals surface area contributed by atoms with Gasteiger partial charge in [-0.15, -0.1) is 0 Å². The lowest BCUT2D eigenvalue weighted by Crippen LogP contribution is -2.40. The van der Waals surface area contributed by atoms with E-state index in [-0.39, 0.29) is 4.90 Å². The third-order valence-electron chi connectivity index (χ3n) is 4.42. The van der Waals surface area contributed by atoms with Crippen molar-refractivity contribution >= 4 is 10.0 Å². The number of halogens is 1. The molecule has 1 aliphatic rings. The summed E-state index contributed by atoms with van der Waals surface area (Å²) in [4.78, 5) is 2.02. The first kappa shape index (κ1) is 18.4. The van der Waals surface area contributed by atoms with Gasteiger partial charge < -0.3 is 4.90 Å².